The Kier molecular flexibility index (Phi) is 8.00. The maximum absolute atomic E-state index is 9.84. The summed E-state index contributed by atoms with van der Waals surface area (Å²) < 4.78 is 2.29. The van der Waals surface area contributed by atoms with Gasteiger partial charge in [-0.2, -0.15) is 0 Å². The predicted octanol–water partition coefficient (Wildman–Crippen LogP) is 7.72. The van der Waals surface area contributed by atoms with Gasteiger partial charge in [0.15, 0.2) is 5.82 Å². The SMILES string of the molecule is CC.OB(O)C1=Cc2c(n(-c3cccc(-c4nc(-c5ccccc5)cc(C5C=CC=CC5)n4)c3)c3ccccc23)CC1. The van der Waals surface area contributed by atoms with Crippen molar-refractivity contribution in [3.63, 3.8) is 0 Å². The van der Waals surface area contributed by atoms with E-state index in [2.05, 4.69) is 83.5 Å². The molecule has 5 nitrogen and oxygen atoms in total. The number of benzene rings is 3. The molecule has 0 fully saturated rings. The molecule has 0 saturated carbocycles. The minimum Gasteiger partial charge on any atom is -0.423 e. The molecule has 42 heavy (non-hydrogen) atoms. The molecule has 2 aliphatic rings. The zero-order chi connectivity index (χ0) is 29.1. The maximum atomic E-state index is 9.84. The fourth-order valence-electron chi connectivity index (χ4n) is 5.87. The van der Waals surface area contributed by atoms with Gasteiger partial charge in [-0.3, -0.25) is 0 Å². The Bertz CT molecular complexity index is 1820. The molecule has 2 aliphatic carbocycles. The van der Waals surface area contributed by atoms with Crippen molar-refractivity contribution in [2.45, 2.75) is 39.0 Å². The van der Waals surface area contributed by atoms with Crippen LogP contribution in [0.2, 0.25) is 0 Å². The van der Waals surface area contributed by atoms with Crippen LogP contribution in [0, 0.1) is 0 Å². The molecule has 5 aromatic rings. The van der Waals surface area contributed by atoms with Crippen LogP contribution in [-0.4, -0.2) is 31.7 Å². The van der Waals surface area contributed by atoms with Gasteiger partial charge in [-0.25, -0.2) is 9.97 Å². The summed E-state index contributed by atoms with van der Waals surface area (Å²) in [7, 11) is -1.43. The van der Waals surface area contributed by atoms with E-state index < -0.39 is 7.12 Å². The second kappa shape index (κ2) is 12.2. The summed E-state index contributed by atoms with van der Waals surface area (Å²) in [5.74, 6) is 0.915. The second-order valence-corrected chi connectivity index (χ2v) is 10.4. The number of para-hydroxylation sites is 1. The lowest BCUT2D eigenvalue weighted by molar-refractivity contribution is 0.416. The molecule has 3 aromatic carbocycles. The Labute approximate surface area is 247 Å². The van der Waals surface area contributed by atoms with Crippen LogP contribution in [0.4, 0.5) is 0 Å². The van der Waals surface area contributed by atoms with Gasteiger partial charge in [-0.1, -0.05) is 105 Å². The van der Waals surface area contributed by atoms with Crippen molar-refractivity contribution < 1.29 is 10.0 Å². The molecule has 2 N–H and O–H groups in total. The Balaban J connectivity index is 0.00000155. The van der Waals surface area contributed by atoms with Crippen LogP contribution >= 0.6 is 0 Å². The molecule has 0 amide bonds. The maximum Gasteiger partial charge on any atom is 0.484 e. The lowest BCUT2D eigenvalue weighted by Gasteiger charge is -2.18. The van der Waals surface area contributed by atoms with Crippen LogP contribution in [0.1, 0.15) is 49.6 Å². The lowest BCUT2D eigenvalue weighted by Crippen LogP contribution is -2.18. The molecular formula is C36H34BN3O2. The van der Waals surface area contributed by atoms with E-state index in [0.717, 1.165) is 57.5 Å². The highest BCUT2D eigenvalue weighted by molar-refractivity contribution is 6.52. The zero-order valence-electron chi connectivity index (χ0n) is 24.0. The van der Waals surface area contributed by atoms with Gasteiger partial charge in [0.2, 0.25) is 0 Å². The van der Waals surface area contributed by atoms with Crippen molar-refractivity contribution >= 4 is 24.1 Å². The Morgan fingerprint density at radius 2 is 1.60 bits per heavy atom. The topological polar surface area (TPSA) is 71.2 Å². The van der Waals surface area contributed by atoms with E-state index >= 15 is 0 Å². The fraction of sp³-hybridized carbons (Fsp3) is 0.167. The third-order valence-electron chi connectivity index (χ3n) is 7.87. The standard InChI is InChI=1S/C34H28BN3O2.C2H6/c39-35(40)26-18-19-33-29(21-26)28-16-7-8-17-32(28)38(33)27-15-9-14-25(20-27)34-36-30(23-10-3-1-4-11-23)22-31(37-34)24-12-5-2-6-13-24;1-2/h1-12,14-17,20-22,24,39-40H,13,18-19H2;1-2H3. The molecule has 0 spiro atoms. The largest absolute Gasteiger partial charge is 0.484 e. The third-order valence-corrected chi connectivity index (χ3v) is 7.87. The van der Waals surface area contributed by atoms with Crippen LogP contribution in [0.15, 0.2) is 115 Å². The number of rotatable bonds is 5. The Morgan fingerprint density at radius 3 is 2.38 bits per heavy atom. The van der Waals surface area contributed by atoms with Gasteiger partial charge in [0.05, 0.1) is 16.9 Å². The van der Waals surface area contributed by atoms with E-state index in [4.69, 9.17) is 9.97 Å². The molecule has 7 rings (SSSR count). The number of allylic oxidation sites excluding steroid dienone is 5. The quantitative estimate of drug-likeness (QED) is 0.220. The van der Waals surface area contributed by atoms with E-state index in [-0.39, 0.29) is 5.92 Å². The monoisotopic (exact) mass is 551 g/mol. The zero-order valence-corrected chi connectivity index (χ0v) is 24.0. The first-order valence-electron chi connectivity index (χ1n) is 14.7. The molecule has 0 saturated heterocycles. The summed E-state index contributed by atoms with van der Waals surface area (Å²) in [4.78, 5) is 10.1. The minimum atomic E-state index is -1.43. The van der Waals surface area contributed by atoms with E-state index in [0.29, 0.717) is 17.7 Å². The summed E-state index contributed by atoms with van der Waals surface area (Å²) in [5.41, 5.74) is 8.94. The molecule has 1 unspecified atom stereocenters. The summed E-state index contributed by atoms with van der Waals surface area (Å²) in [5, 5.41) is 20.8. The molecular weight excluding hydrogens is 517 g/mol. The Morgan fingerprint density at radius 1 is 0.810 bits per heavy atom. The van der Waals surface area contributed by atoms with Crippen molar-refractivity contribution in [3.8, 4) is 28.3 Å². The highest BCUT2D eigenvalue weighted by Crippen LogP contribution is 2.37. The highest BCUT2D eigenvalue weighted by Gasteiger charge is 2.25. The molecule has 0 radical (unpaired) electrons. The molecule has 2 heterocycles. The number of nitrogens with zero attached hydrogens (tertiary/aromatic N) is 3. The van der Waals surface area contributed by atoms with Gasteiger partial charge >= 0.3 is 7.12 Å². The molecule has 0 bridgehead atoms. The minimum absolute atomic E-state index is 0.209. The van der Waals surface area contributed by atoms with E-state index in [1.807, 2.05) is 50.3 Å². The first-order valence-corrected chi connectivity index (χ1v) is 14.7. The first kappa shape index (κ1) is 27.6. The summed E-state index contributed by atoms with van der Waals surface area (Å²) in [6.07, 6.45) is 12.8. The van der Waals surface area contributed by atoms with Crippen molar-refractivity contribution in [1.29, 1.82) is 0 Å². The number of aromatic nitrogens is 3. The van der Waals surface area contributed by atoms with Gasteiger partial charge in [0.1, 0.15) is 0 Å². The van der Waals surface area contributed by atoms with Gasteiger partial charge in [-0.05, 0) is 49.0 Å². The molecule has 1 atom stereocenters. The van der Waals surface area contributed by atoms with Crippen LogP contribution in [0.3, 0.4) is 0 Å². The number of fused-ring (bicyclic) bond motifs is 3. The molecule has 6 heteroatoms. The molecule has 0 aliphatic heterocycles. The van der Waals surface area contributed by atoms with Crippen LogP contribution < -0.4 is 0 Å². The van der Waals surface area contributed by atoms with Crippen molar-refractivity contribution in [2.24, 2.45) is 0 Å². The van der Waals surface area contributed by atoms with Crippen molar-refractivity contribution in [1.82, 2.24) is 14.5 Å². The lowest BCUT2D eigenvalue weighted by atomic mass is 9.73. The van der Waals surface area contributed by atoms with Gasteiger partial charge in [0.25, 0.3) is 0 Å². The fourth-order valence-corrected chi connectivity index (χ4v) is 5.87. The third kappa shape index (κ3) is 5.27. The average molecular weight is 551 g/mol. The van der Waals surface area contributed by atoms with Crippen LogP contribution in [-0.2, 0) is 6.42 Å². The van der Waals surface area contributed by atoms with Crippen LogP contribution in [0.5, 0.6) is 0 Å². The predicted molar refractivity (Wildman–Crippen MR) is 173 cm³/mol. The highest BCUT2D eigenvalue weighted by atomic mass is 16.4. The number of hydrogen-bond acceptors (Lipinski definition) is 4. The summed E-state index contributed by atoms with van der Waals surface area (Å²) in [6.45, 7) is 4.00. The summed E-state index contributed by atoms with van der Waals surface area (Å²) in [6, 6.07) is 29.1. The van der Waals surface area contributed by atoms with Crippen molar-refractivity contribution in [2.75, 3.05) is 0 Å². The van der Waals surface area contributed by atoms with Crippen molar-refractivity contribution in [3.05, 3.63) is 132 Å². The van der Waals surface area contributed by atoms with E-state index in [9.17, 15) is 10.0 Å². The van der Waals surface area contributed by atoms with Gasteiger partial charge < -0.3 is 14.6 Å². The second-order valence-electron chi connectivity index (χ2n) is 10.4. The molecule has 2 aromatic heterocycles. The van der Waals surface area contributed by atoms with E-state index in [1.165, 1.54) is 5.69 Å². The average Bonchev–Trinajstić information content (AvgIpc) is 3.40. The van der Waals surface area contributed by atoms with E-state index in [1.54, 1.807) is 0 Å². The number of hydrogen-bond donors (Lipinski definition) is 2. The summed E-state index contributed by atoms with van der Waals surface area (Å²) >= 11 is 0. The smallest absolute Gasteiger partial charge is 0.423 e. The Hall–Kier alpha value is -4.52. The first-order chi connectivity index (χ1) is 20.7. The van der Waals surface area contributed by atoms with Gasteiger partial charge in [0, 0.05) is 39.4 Å². The molecule has 208 valence electrons. The van der Waals surface area contributed by atoms with Crippen LogP contribution in [0.25, 0.3) is 45.3 Å². The normalized spacial score (nSPS) is 15.5. The van der Waals surface area contributed by atoms with Gasteiger partial charge in [-0.15, -0.1) is 0 Å².